The van der Waals surface area contributed by atoms with Gasteiger partial charge in [0.15, 0.2) is 19.7 Å². The molecule has 0 unspecified atom stereocenters. The number of hydrogen-bond acceptors (Lipinski definition) is 8. The van der Waals surface area contributed by atoms with Gasteiger partial charge in [-0.3, -0.25) is 4.98 Å². The molecule has 0 bridgehead atoms. The van der Waals surface area contributed by atoms with Gasteiger partial charge in [0.25, 0.3) is 0 Å². The van der Waals surface area contributed by atoms with Crippen molar-refractivity contribution < 1.29 is 26.9 Å². The van der Waals surface area contributed by atoms with Crippen LogP contribution in [0.15, 0.2) is 109 Å². The second kappa shape index (κ2) is 14.5. The monoisotopic (exact) mass is 746 g/mol. The summed E-state index contributed by atoms with van der Waals surface area (Å²) in [7, 11) is -7.91. The Kier molecular flexibility index (Phi) is 12.3. The molecule has 8 nitrogen and oxygen atoms in total. The highest BCUT2D eigenvalue weighted by atomic mass is 79.9. The zero-order valence-corrected chi connectivity index (χ0v) is 26.4. The molecule has 0 aliphatic rings. The zero-order chi connectivity index (χ0) is 28.5. The van der Waals surface area contributed by atoms with Gasteiger partial charge in [0.05, 0.1) is 15.5 Å². The fourth-order valence-electron chi connectivity index (χ4n) is 2.66. The van der Waals surface area contributed by atoms with Crippen LogP contribution in [0.25, 0.3) is 11.3 Å². The lowest BCUT2D eigenvalue weighted by Crippen LogP contribution is -2.29. The van der Waals surface area contributed by atoms with Gasteiger partial charge in [0.1, 0.15) is 4.60 Å². The van der Waals surface area contributed by atoms with E-state index < -0.39 is 26.8 Å². The van der Waals surface area contributed by atoms with Gasteiger partial charge >= 0.3 is 7.12 Å². The molecule has 4 rings (SSSR count). The van der Waals surface area contributed by atoms with Crippen LogP contribution in [-0.2, 0) is 19.7 Å². The Hall–Kier alpha value is -1.94. The summed E-state index contributed by atoms with van der Waals surface area (Å²) in [6.07, 6.45) is 5.74. The first kappa shape index (κ1) is 32.3. The number of nitrogens with zero attached hydrogens (tertiary/aromatic N) is 2. The van der Waals surface area contributed by atoms with Crippen LogP contribution in [0.4, 0.5) is 0 Å². The second-order valence-electron chi connectivity index (χ2n) is 7.67. The summed E-state index contributed by atoms with van der Waals surface area (Å²) < 4.78 is 47.4. The molecule has 0 aliphatic carbocycles. The predicted molar refractivity (Wildman–Crippen MR) is 159 cm³/mol. The summed E-state index contributed by atoms with van der Waals surface area (Å²) in [5.74, 6) is 0. The molecule has 0 atom stereocenters. The van der Waals surface area contributed by atoms with E-state index in [0.29, 0.717) is 4.90 Å². The molecule has 14 heteroatoms. The van der Waals surface area contributed by atoms with Crippen molar-refractivity contribution in [2.75, 3.05) is 12.5 Å². The van der Waals surface area contributed by atoms with Crippen LogP contribution in [-0.4, -0.2) is 56.5 Å². The lowest BCUT2D eigenvalue weighted by molar-refractivity contribution is 0.425. The lowest BCUT2D eigenvalue weighted by atomic mass is 9.81. The minimum Gasteiger partial charge on any atom is -0.423 e. The van der Waals surface area contributed by atoms with E-state index in [-0.39, 0.29) is 10.4 Å². The Morgan fingerprint density at radius 1 is 0.632 bits per heavy atom. The highest BCUT2D eigenvalue weighted by molar-refractivity contribution is 9.11. The van der Waals surface area contributed by atoms with Gasteiger partial charge in [-0.25, -0.2) is 21.8 Å². The Morgan fingerprint density at radius 3 is 1.42 bits per heavy atom. The van der Waals surface area contributed by atoms with Crippen molar-refractivity contribution in [2.45, 2.75) is 9.79 Å². The van der Waals surface area contributed by atoms with E-state index in [0.717, 1.165) is 31.1 Å². The number of pyridine rings is 2. The van der Waals surface area contributed by atoms with Crippen molar-refractivity contribution in [3.63, 3.8) is 0 Å². The third-order valence-electron chi connectivity index (χ3n) is 4.60. The highest BCUT2D eigenvalue weighted by Gasteiger charge is 2.12. The van der Waals surface area contributed by atoms with Gasteiger partial charge in [0, 0.05) is 39.4 Å². The van der Waals surface area contributed by atoms with E-state index in [1.807, 2.05) is 24.3 Å². The summed E-state index contributed by atoms with van der Waals surface area (Å²) >= 11 is 9.79. The Balaban J connectivity index is 0.000000214. The Bertz CT molecular complexity index is 1510. The smallest absolute Gasteiger partial charge is 0.423 e. The lowest BCUT2D eigenvalue weighted by Gasteiger charge is -2.02. The van der Waals surface area contributed by atoms with Crippen LogP contribution >= 0.6 is 47.8 Å². The van der Waals surface area contributed by atoms with Crippen molar-refractivity contribution in [2.24, 2.45) is 0 Å². The molecule has 0 saturated carbocycles. The Labute approximate surface area is 247 Å². The SMILES string of the molecule is Brc1ccc(Br)nc1.CS(=O)(=O)c1ccc(-c2ccc(Br)cn2)cc1.CS(=O)(=O)c1ccc(B(O)O)cc1. The number of rotatable bonds is 4. The van der Waals surface area contributed by atoms with Gasteiger partial charge in [-0.2, -0.15) is 0 Å². The van der Waals surface area contributed by atoms with Gasteiger partial charge in [-0.15, -0.1) is 0 Å². The molecular weight excluding hydrogens is 727 g/mol. The van der Waals surface area contributed by atoms with Gasteiger partial charge in [-0.05, 0) is 102 Å². The van der Waals surface area contributed by atoms with Gasteiger partial charge < -0.3 is 10.0 Å². The first-order valence-corrected chi connectivity index (χ1v) is 16.7. The summed E-state index contributed by atoms with van der Waals surface area (Å²) in [5.41, 5.74) is 1.98. The number of benzene rings is 2. The van der Waals surface area contributed by atoms with Crippen molar-refractivity contribution in [1.82, 2.24) is 9.97 Å². The van der Waals surface area contributed by atoms with E-state index in [1.54, 1.807) is 36.7 Å². The fourth-order valence-corrected chi connectivity index (χ4v) is 4.63. The molecule has 0 saturated heterocycles. The first-order valence-electron chi connectivity index (χ1n) is 10.5. The van der Waals surface area contributed by atoms with Crippen LogP contribution < -0.4 is 5.46 Å². The maximum Gasteiger partial charge on any atom is 0.488 e. The van der Waals surface area contributed by atoms with Crippen LogP contribution in [0.3, 0.4) is 0 Å². The average molecular weight is 749 g/mol. The number of hydrogen-bond donors (Lipinski definition) is 2. The fraction of sp³-hybridized carbons (Fsp3) is 0.0833. The molecule has 0 amide bonds. The van der Waals surface area contributed by atoms with E-state index in [9.17, 15) is 16.8 Å². The molecule has 0 spiro atoms. The number of halogens is 3. The van der Waals surface area contributed by atoms with Gasteiger partial charge in [-0.1, -0.05) is 24.3 Å². The maximum absolute atomic E-state index is 11.3. The number of sulfone groups is 2. The maximum atomic E-state index is 11.3. The van der Waals surface area contributed by atoms with Gasteiger partial charge in [0.2, 0.25) is 0 Å². The highest BCUT2D eigenvalue weighted by Crippen LogP contribution is 2.20. The summed E-state index contributed by atoms with van der Waals surface area (Å²) in [6, 6.07) is 19.7. The predicted octanol–water partition coefficient (Wildman–Crippen LogP) is 4.29. The quantitative estimate of drug-likeness (QED) is 0.233. The molecule has 0 aliphatic heterocycles. The molecule has 38 heavy (non-hydrogen) atoms. The molecular formula is C24H22BBr3N2O6S2. The van der Waals surface area contributed by atoms with Crippen molar-refractivity contribution in [1.29, 1.82) is 0 Å². The van der Waals surface area contributed by atoms with Crippen LogP contribution in [0.5, 0.6) is 0 Å². The number of aromatic nitrogens is 2. The largest absolute Gasteiger partial charge is 0.488 e. The third kappa shape index (κ3) is 11.0. The average Bonchev–Trinajstić information content (AvgIpc) is 2.86. The third-order valence-corrected chi connectivity index (χ3v) is 8.27. The minimum atomic E-state index is -3.21. The normalized spacial score (nSPS) is 10.9. The minimum absolute atomic E-state index is 0.164. The standard InChI is InChI=1S/C12H10BrNO2S.C7H9BO4S.C5H3Br2N/c1-17(15,16)11-5-2-9(3-6-11)12-7-4-10(13)8-14-12;1-13(11,12)7-4-2-6(3-5-7)8(9)10;6-4-1-2-5(7)8-3-4/h2-8H,1H3;2-5,9-10H,1H3;1-3H. The van der Waals surface area contributed by atoms with Crippen molar-refractivity contribution >= 4 is 80.0 Å². The molecule has 2 aromatic heterocycles. The second-order valence-corrected chi connectivity index (χ2v) is 14.3. The molecule has 200 valence electrons. The van der Waals surface area contributed by atoms with Crippen LogP contribution in [0, 0.1) is 0 Å². The molecule has 2 heterocycles. The molecule has 2 aromatic carbocycles. The summed E-state index contributed by atoms with van der Waals surface area (Å²) in [5, 5.41) is 17.4. The van der Waals surface area contributed by atoms with Crippen molar-refractivity contribution in [3.8, 4) is 11.3 Å². The molecule has 0 fully saturated rings. The molecule has 4 aromatic rings. The van der Waals surface area contributed by atoms with Crippen LogP contribution in [0.2, 0.25) is 0 Å². The van der Waals surface area contributed by atoms with Crippen molar-refractivity contribution in [3.05, 3.63) is 98.7 Å². The van der Waals surface area contributed by atoms with E-state index in [2.05, 4.69) is 57.8 Å². The Morgan fingerprint density at radius 2 is 1.08 bits per heavy atom. The van der Waals surface area contributed by atoms with E-state index in [4.69, 9.17) is 10.0 Å². The zero-order valence-electron chi connectivity index (χ0n) is 20.0. The van der Waals surface area contributed by atoms with Crippen LogP contribution in [0.1, 0.15) is 0 Å². The van der Waals surface area contributed by atoms with E-state index >= 15 is 0 Å². The molecule has 0 radical (unpaired) electrons. The summed E-state index contributed by atoms with van der Waals surface area (Å²) in [6.45, 7) is 0. The molecule has 2 N–H and O–H groups in total. The summed E-state index contributed by atoms with van der Waals surface area (Å²) in [4.78, 5) is 8.67. The first-order chi connectivity index (χ1) is 17.7. The topological polar surface area (TPSA) is 135 Å². The van der Waals surface area contributed by atoms with E-state index in [1.165, 1.54) is 30.5 Å².